The molecule has 0 radical (unpaired) electrons. The van der Waals surface area contributed by atoms with Gasteiger partial charge in [-0.05, 0) is 35.6 Å². The van der Waals surface area contributed by atoms with Crippen LogP contribution in [0.3, 0.4) is 0 Å². The van der Waals surface area contributed by atoms with Gasteiger partial charge in [-0.15, -0.1) is 10.2 Å². The maximum Gasteiger partial charge on any atom is 0.234 e. The highest BCUT2D eigenvalue weighted by atomic mass is 35.5. The van der Waals surface area contributed by atoms with E-state index in [1.54, 1.807) is 6.07 Å². The van der Waals surface area contributed by atoms with E-state index in [1.165, 1.54) is 22.0 Å². The van der Waals surface area contributed by atoms with Crippen molar-refractivity contribution in [1.82, 2.24) is 14.9 Å². The van der Waals surface area contributed by atoms with Crippen LogP contribution in [0, 0.1) is 6.92 Å². The lowest BCUT2D eigenvalue weighted by atomic mass is 9.87. The average Bonchev–Trinajstić information content (AvgIpc) is 3.03. The Morgan fingerprint density at radius 1 is 1.17 bits per heavy atom. The fourth-order valence-corrected chi connectivity index (χ4v) is 3.53. The molecule has 1 amide bonds. The van der Waals surface area contributed by atoms with E-state index in [-0.39, 0.29) is 17.1 Å². The maximum atomic E-state index is 12.2. The second-order valence-electron chi connectivity index (χ2n) is 7.80. The molecule has 0 aliphatic rings. The van der Waals surface area contributed by atoms with Gasteiger partial charge in [-0.1, -0.05) is 74.5 Å². The number of aromatic nitrogens is 3. The summed E-state index contributed by atoms with van der Waals surface area (Å²) in [5.74, 6) is 6.69. The number of nitrogen functional groups attached to an aromatic ring is 1. The van der Waals surface area contributed by atoms with E-state index in [2.05, 4.69) is 48.4 Å². The minimum Gasteiger partial charge on any atom is -0.335 e. The van der Waals surface area contributed by atoms with Crippen molar-refractivity contribution < 1.29 is 4.79 Å². The van der Waals surface area contributed by atoms with E-state index in [9.17, 15) is 4.79 Å². The van der Waals surface area contributed by atoms with Crippen molar-refractivity contribution in [2.45, 2.75) is 38.3 Å². The molecule has 29 heavy (non-hydrogen) atoms. The summed E-state index contributed by atoms with van der Waals surface area (Å²) < 4.78 is 1.41. The molecule has 0 saturated heterocycles. The first kappa shape index (κ1) is 21.2. The monoisotopic (exact) mass is 429 g/mol. The Bertz CT molecular complexity index is 1020. The number of carbonyl (C=O) groups is 1. The number of amides is 1. The van der Waals surface area contributed by atoms with Crippen molar-refractivity contribution >= 4 is 35.0 Å². The van der Waals surface area contributed by atoms with Crippen LogP contribution >= 0.6 is 23.4 Å². The Morgan fingerprint density at radius 3 is 2.48 bits per heavy atom. The zero-order valence-electron chi connectivity index (χ0n) is 16.9. The van der Waals surface area contributed by atoms with Crippen LogP contribution in [0.2, 0.25) is 5.02 Å². The number of benzene rings is 2. The number of anilines is 1. The smallest absolute Gasteiger partial charge is 0.234 e. The molecule has 6 nitrogen and oxygen atoms in total. The van der Waals surface area contributed by atoms with E-state index in [0.29, 0.717) is 21.7 Å². The maximum absolute atomic E-state index is 12.2. The predicted molar refractivity (Wildman–Crippen MR) is 120 cm³/mol. The second kappa shape index (κ2) is 8.47. The summed E-state index contributed by atoms with van der Waals surface area (Å²) in [7, 11) is 0. The molecule has 0 bridgehead atoms. The van der Waals surface area contributed by atoms with Gasteiger partial charge in [0.25, 0.3) is 0 Å². The van der Waals surface area contributed by atoms with Gasteiger partial charge in [0.05, 0.1) is 5.75 Å². The van der Waals surface area contributed by atoms with Crippen molar-refractivity contribution in [3.05, 3.63) is 58.6 Å². The van der Waals surface area contributed by atoms with Crippen molar-refractivity contribution in [2.24, 2.45) is 0 Å². The molecule has 3 N–H and O–H groups in total. The molecular formula is C21H24ClN5OS. The molecule has 0 saturated carbocycles. The average molecular weight is 430 g/mol. The summed E-state index contributed by atoms with van der Waals surface area (Å²) in [6.07, 6.45) is 0. The standard InChI is InChI=1S/C21H24ClN5OS/c1-13-5-10-16(11-17(13)22)24-18(28)12-29-20-26-25-19(27(20)23)14-6-8-15(9-7-14)21(2,3)4/h5-11H,12,23H2,1-4H3,(H,24,28). The van der Waals surface area contributed by atoms with Crippen LogP contribution in [0.25, 0.3) is 11.4 Å². The van der Waals surface area contributed by atoms with Crippen LogP contribution in [0.4, 0.5) is 5.69 Å². The molecule has 0 aliphatic heterocycles. The zero-order valence-corrected chi connectivity index (χ0v) is 18.4. The molecule has 0 atom stereocenters. The summed E-state index contributed by atoms with van der Waals surface area (Å²) in [4.78, 5) is 12.2. The summed E-state index contributed by atoms with van der Waals surface area (Å²) in [6, 6.07) is 13.5. The summed E-state index contributed by atoms with van der Waals surface area (Å²) in [5, 5.41) is 12.2. The molecule has 0 spiro atoms. The normalized spacial score (nSPS) is 11.5. The molecule has 8 heteroatoms. The predicted octanol–water partition coefficient (Wildman–Crippen LogP) is 4.65. The minimum atomic E-state index is -0.172. The number of nitrogens with two attached hydrogens (primary N) is 1. The molecular weight excluding hydrogens is 406 g/mol. The van der Waals surface area contributed by atoms with Crippen molar-refractivity contribution in [1.29, 1.82) is 0 Å². The molecule has 3 rings (SSSR count). The molecule has 0 unspecified atom stereocenters. The Kier molecular flexibility index (Phi) is 6.19. The SMILES string of the molecule is Cc1ccc(NC(=O)CSc2nnc(-c3ccc(C(C)(C)C)cc3)n2N)cc1Cl. The van der Waals surface area contributed by atoms with Crippen LogP contribution in [-0.4, -0.2) is 26.5 Å². The number of rotatable bonds is 5. The van der Waals surface area contributed by atoms with Crippen LogP contribution in [0.1, 0.15) is 31.9 Å². The first-order chi connectivity index (χ1) is 13.6. The number of hydrogen-bond donors (Lipinski definition) is 2. The van der Waals surface area contributed by atoms with E-state index >= 15 is 0 Å². The van der Waals surface area contributed by atoms with Crippen LogP contribution in [-0.2, 0) is 10.2 Å². The number of carbonyl (C=O) groups excluding carboxylic acids is 1. The van der Waals surface area contributed by atoms with E-state index < -0.39 is 0 Å². The van der Waals surface area contributed by atoms with Gasteiger partial charge in [0, 0.05) is 16.3 Å². The van der Waals surface area contributed by atoms with Crippen LogP contribution < -0.4 is 11.2 Å². The topological polar surface area (TPSA) is 85.8 Å². The second-order valence-corrected chi connectivity index (χ2v) is 9.15. The quantitative estimate of drug-likeness (QED) is 0.455. The number of nitrogens with one attached hydrogen (secondary N) is 1. The lowest BCUT2D eigenvalue weighted by Gasteiger charge is -2.19. The highest BCUT2D eigenvalue weighted by Crippen LogP contribution is 2.26. The molecule has 0 aliphatic carbocycles. The van der Waals surface area contributed by atoms with Gasteiger partial charge < -0.3 is 11.2 Å². The Hall–Kier alpha value is -2.51. The largest absolute Gasteiger partial charge is 0.335 e. The Balaban J connectivity index is 1.65. The summed E-state index contributed by atoms with van der Waals surface area (Å²) in [5.41, 5.74) is 3.79. The summed E-state index contributed by atoms with van der Waals surface area (Å²) >= 11 is 7.32. The van der Waals surface area contributed by atoms with Crippen molar-refractivity contribution in [2.75, 3.05) is 16.9 Å². The van der Waals surface area contributed by atoms with Crippen molar-refractivity contribution in [3.8, 4) is 11.4 Å². The van der Waals surface area contributed by atoms with Crippen LogP contribution in [0.5, 0.6) is 0 Å². The Morgan fingerprint density at radius 2 is 1.86 bits per heavy atom. The molecule has 0 fully saturated rings. The minimum absolute atomic E-state index is 0.0744. The molecule has 3 aromatic rings. The van der Waals surface area contributed by atoms with Gasteiger partial charge in [0.2, 0.25) is 11.1 Å². The zero-order chi connectivity index (χ0) is 21.2. The van der Waals surface area contributed by atoms with Gasteiger partial charge in [-0.3, -0.25) is 4.79 Å². The van der Waals surface area contributed by atoms with Gasteiger partial charge in [-0.2, -0.15) is 0 Å². The molecule has 2 aromatic carbocycles. The first-order valence-electron chi connectivity index (χ1n) is 9.15. The van der Waals surface area contributed by atoms with E-state index in [1.807, 2.05) is 31.2 Å². The lowest BCUT2D eigenvalue weighted by Crippen LogP contribution is -2.16. The molecule has 1 heterocycles. The number of halogens is 1. The lowest BCUT2D eigenvalue weighted by molar-refractivity contribution is -0.113. The highest BCUT2D eigenvalue weighted by Gasteiger charge is 2.16. The number of nitrogens with zero attached hydrogens (tertiary/aromatic N) is 3. The molecule has 152 valence electrons. The summed E-state index contributed by atoms with van der Waals surface area (Å²) in [6.45, 7) is 8.40. The fourth-order valence-electron chi connectivity index (χ4n) is 2.69. The van der Waals surface area contributed by atoms with Crippen LogP contribution in [0.15, 0.2) is 47.6 Å². The number of aryl methyl sites for hydroxylation is 1. The van der Waals surface area contributed by atoms with Crippen molar-refractivity contribution in [3.63, 3.8) is 0 Å². The Labute approximate surface area is 179 Å². The van der Waals surface area contributed by atoms with Gasteiger partial charge in [-0.25, -0.2) is 4.68 Å². The number of hydrogen-bond acceptors (Lipinski definition) is 5. The third-order valence-corrected chi connectivity index (χ3v) is 5.81. The fraction of sp³-hybridized carbons (Fsp3) is 0.286. The van der Waals surface area contributed by atoms with Gasteiger partial charge in [0.15, 0.2) is 5.82 Å². The van der Waals surface area contributed by atoms with E-state index in [4.69, 9.17) is 17.4 Å². The first-order valence-corrected chi connectivity index (χ1v) is 10.5. The third-order valence-electron chi connectivity index (χ3n) is 4.46. The van der Waals surface area contributed by atoms with Gasteiger partial charge >= 0.3 is 0 Å². The van der Waals surface area contributed by atoms with Gasteiger partial charge in [0.1, 0.15) is 0 Å². The highest BCUT2D eigenvalue weighted by molar-refractivity contribution is 7.99. The van der Waals surface area contributed by atoms with E-state index in [0.717, 1.165) is 11.1 Å². The number of thioether (sulfide) groups is 1. The molecule has 1 aromatic heterocycles. The third kappa shape index (κ3) is 5.10.